The Morgan fingerprint density at radius 1 is 1.67 bits per heavy atom. The molecule has 0 aromatic rings. The van der Waals surface area contributed by atoms with E-state index in [0.717, 1.165) is 6.54 Å². The van der Waals surface area contributed by atoms with Gasteiger partial charge in [-0.05, 0) is 12.5 Å². The van der Waals surface area contributed by atoms with Gasteiger partial charge in [0.25, 0.3) is 0 Å². The molecule has 0 aromatic carbocycles. The van der Waals surface area contributed by atoms with Crippen LogP contribution in [0.1, 0.15) is 20.8 Å². The molecular formula is C7H14ClN. The summed E-state index contributed by atoms with van der Waals surface area (Å²) >= 11 is 5.43. The predicted molar refractivity (Wildman–Crippen MR) is 42.7 cm³/mol. The van der Waals surface area contributed by atoms with Crippen molar-refractivity contribution in [2.75, 3.05) is 6.54 Å². The summed E-state index contributed by atoms with van der Waals surface area (Å²) in [5.74, 6) is 0. The molecule has 0 saturated carbocycles. The maximum absolute atomic E-state index is 5.43. The van der Waals surface area contributed by atoms with Gasteiger partial charge < -0.3 is 5.32 Å². The molecule has 0 unspecified atom stereocenters. The van der Waals surface area contributed by atoms with Crippen LogP contribution >= 0.6 is 11.6 Å². The second kappa shape index (κ2) is 4.83. The van der Waals surface area contributed by atoms with E-state index >= 15 is 0 Å². The van der Waals surface area contributed by atoms with Gasteiger partial charge in [0.05, 0.1) is 0 Å². The molecule has 54 valence electrons. The van der Waals surface area contributed by atoms with Crippen molar-refractivity contribution in [3.8, 4) is 0 Å². The normalized spacial score (nSPS) is 12.8. The lowest BCUT2D eigenvalue weighted by molar-refractivity contribution is 0.622. The smallest absolute Gasteiger partial charge is 0.0175 e. The van der Waals surface area contributed by atoms with Crippen molar-refractivity contribution < 1.29 is 0 Å². The monoisotopic (exact) mass is 147 g/mol. The van der Waals surface area contributed by atoms with Gasteiger partial charge in [0.15, 0.2) is 0 Å². The molecule has 0 saturated heterocycles. The summed E-state index contributed by atoms with van der Waals surface area (Å²) in [5.41, 5.74) is 2.78. The highest BCUT2D eigenvalue weighted by Crippen LogP contribution is 1.92. The lowest BCUT2D eigenvalue weighted by Gasteiger charge is -2.06. The number of halogens is 1. The largest absolute Gasteiger partial charge is 0.311 e. The topological polar surface area (TPSA) is 12.0 Å². The fraction of sp³-hybridized carbons (Fsp3) is 0.714. The molecule has 0 amide bonds. The van der Waals surface area contributed by atoms with Gasteiger partial charge >= 0.3 is 0 Å². The van der Waals surface area contributed by atoms with Crippen molar-refractivity contribution in [3.05, 3.63) is 11.1 Å². The van der Waals surface area contributed by atoms with E-state index < -0.39 is 0 Å². The average molecular weight is 148 g/mol. The molecule has 0 aliphatic heterocycles. The van der Waals surface area contributed by atoms with Gasteiger partial charge in [0.1, 0.15) is 0 Å². The third-order valence-electron chi connectivity index (χ3n) is 0.975. The van der Waals surface area contributed by atoms with Crippen molar-refractivity contribution in [1.82, 2.24) is 5.32 Å². The van der Waals surface area contributed by atoms with Gasteiger partial charge in [-0.2, -0.15) is 0 Å². The molecule has 0 fully saturated rings. The van der Waals surface area contributed by atoms with Crippen molar-refractivity contribution in [3.63, 3.8) is 0 Å². The predicted octanol–water partition coefficient (Wildman–Crippen LogP) is 2.13. The molecule has 0 heterocycles. The van der Waals surface area contributed by atoms with Crippen LogP contribution in [0.15, 0.2) is 11.1 Å². The number of nitrogens with one attached hydrogen (secondary N) is 1. The summed E-state index contributed by atoms with van der Waals surface area (Å²) < 4.78 is 0. The third kappa shape index (κ3) is 5.87. The molecule has 2 heteroatoms. The summed E-state index contributed by atoms with van der Waals surface area (Å²) in [5, 5.41) is 3.24. The van der Waals surface area contributed by atoms with Crippen LogP contribution < -0.4 is 5.32 Å². The molecule has 0 aromatic heterocycles. The van der Waals surface area contributed by atoms with E-state index in [-0.39, 0.29) is 0 Å². The van der Waals surface area contributed by atoms with Gasteiger partial charge in [0, 0.05) is 18.1 Å². The second-order valence-corrected chi connectivity index (χ2v) is 2.71. The zero-order valence-electron chi connectivity index (χ0n) is 6.24. The molecular weight excluding hydrogens is 134 g/mol. The fourth-order valence-corrected chi connectivity index (χ4v) is 0.481. The Balaban J connectivity index is 3.28. The van der Waals surface area contributed by atoms with Gasteiger partial charge in [0.2, 0.25) is 0 Å². The Labute approximate surface area is 62.1 Å². The Hall–Kier alpha value is -0.0100. The van der Waals surface area contributed by atoms with Crippen LogP contribution in [0.3, 0.4) is 0 Å². The molecule has 0 rings (SSSR count). The highest BCUT2D eigenvalue weighted by Gasteiger charge is 1.90. The summed E-state index contributed by atoms with van der Waals surface area (Å²) in [6.45, 7) is 7.12. The zero-order chi connectivity index (χ0) is 7.28. The van der Waals surface area contributed by atoms with Crippen molar-refractivity contribution in [2.45, 2.75) is 26.8 Å². The van der Waals surface area contributed by atoms with Crippen LogP contribution in [0.25, 0.3) is 0 Å². The van der Waals surface area contributed by atoms with Crippen LogP contribution in [-0.4, -0.2) is 12.6 Å². The van der Waals surface area contributed by atoms with Crippen LogP contribution in [-0.2, 0) is 0 Å². The summed E-state index contributed by atoms with van der Waals surface area (Å²) in [6, 6.07) is 0.538. The zero-order valence-corrected chi connectivity index (χ0v) is 7.00. The lowest BCUT2D eigenvalue weighted by Crippen LogP contribution is -2.24. The fourth-order valence-electron chi connectivity index (χ4n) is 0.404. The minimum atomic E-state index is 0.538. The minimum absolute atomic E-state index is 0.538. The molecule has 0 atom stereocenters. The average Bonchev–Trinajstić information content (AvgIpc) is 1.83. The van der Waals surface area contributed by atoms with Crippen LogP contribution in [0.2, 0.25) is 0 Å². The van der Waals surface area contributed by atoms with E-state index in [1.807, 2.05) is 6.92 Å². The van der Waals surface area contributed by atoms with E-state index in [9.17, 15) is 0 Å². The SMILES string of the molecule is C/C(=C/Cl)CNC(C)C. The second-order valence-electron chi connectivity index (χ2n) is 2.49. The summed E-state index contributed by atoms with van der Waals surface area (Å²) in [6.07, 6.45) is 0. The number of rotatable bonds is 3. The van der Waals surface area contributed by atoms with Gasteiger partial charge in [-0.1, -0.05) is 25.4 Å². The third-order valence-corrected chi connectivity index (χ3v) is 1.35. The molecule has 0 spiro atoms. The van der Waals surface area contributed by atoms with Crippen molar-refractivity contribution in [1.29, 1.82) is 0 Å². The first-order valence-corrected chi connectivity index (χ1v) is 3.59. The lowest BCUT2D eigenvalue weighted by atomic mass is 10.3. The van der Waals surface area contributed by atoms with Crippen LogP contribution in [0.4, 0.5) is 0 Å². The molecule has 0 aliphatic rings. The van der Waals surface area contributed by atoms with Gasteiger partial charge in [-0.3, -0.25) is 0 Å². The standard InChI is InChI=1S/C7H14ClN/c1-6(2)9-5-7(3)4-8/h4,6,9H,5H2,1-3H3/b7-4-. The Kier molecular flexibility index (Phi) is 4.83. The van der Waals surface area contributed by atoms with E-state index in [0.29, 0.717) is 6.04 Å². The Morgan fingerprint density at radius 3 is 2.56 bits per heavy atom. The van der Waals surface area contributed by atoms with Crippen LogP contribution in [0, 0.1) is 0 Å². The highest BCUT2D eigenvalue weighted by atomic mass is 35.5. The first-order valence-electron chi connectivity index (χ1n) is 3.16. The Morgan fingerprint density at radius 2 is 2.22 bits per heavy atom. The quantitative estimate of drug-likeness (QED) is 0.645. The van der Waals surface area contributed by atoms with E-state index in [1.54, 1.807) is 5.54 Å². The van der Waals surface area contributed by atoms with Crippen molar-refractivity contribution >= 4 is 11.6 Å². The summed E-state index contributed by atoms with van der Waals surface area (Å²) in [7, 11) is 0. The molecule has 0 bridgehead atoms. The molecule has 1 nitrogen and oxygen atoms in total. The molecule has 9 heavy (non-hydrogen) atoms. The minimum Gasteiger partial charge on any atom is -0.311 e. The highest BCUT2D eigenvalue weighted by molar-refractivity contribution is 6.25. The number of hydrogen-bond acceptors (Lipinski definition) is 1. The summed E-state index contributed by atoms with van der Waals surface area (Å²) in [4.78, 5) is 0. The van der Waals surface area contributed by atoms with E-state index in [2.05, 4.69) is 19.2 Å². The maximum atomic E-state index is 5.43. The van der Waals surface area contributed by atoms with E-state index in [4.69, 9.17) is 11.6 Å². The van der Waals surface area contributed by atoms with Crippen molar-refractivity contribution in [2.24, 2.45) is 0 Å². The van der Waals surface area contributed by atoms with Crippen LogP contribution in [0.5, 0.6) is 0 Å². The van der Waals surface area contributed by atoms with Gasteiger partial charge in [-0.25, -0.2) is 0 Å². The maximum Gasteiger partial charge on any atom is 0.0175 e. The van der Waals surface area contributed by atoms with Gasteiger partial charge in [-0.15, -0.1) is 0 Å². The molecule has 1 N–H and O–H groups in total. The first-order chi connectivity index (χ1) is 4.16. The van der Waals surface area contributed by atoms with E-state index in [1.165, 1.54) is 5.57 Å². The molecule has 0 radical (unpaired) electrons. The number of hydrogen-bond donors (Lipinski definition) is 1. The first kappa shape index (κ1) is 8.99. The molecule has 0 aliphatic carbocycles. The Bertz CT molecular complexity index is 97.1.